The molecule has 0 unspecified atom stereocenters. The number of hydrogen-bond donors (Lipinski definition) is 1. The lowest BCUT2D eigenvalue weighted by Gasteiger charge is -2.09. The van der Waals surface area contributed by atoms with Gasteiger partial charge in [0.05, 0.1) is 5.02 Å². The highest BCUT2D eigenvalue weighted by Crippen LogP contribution is 2.26. The van der Waals surface area contributed by atoms with E-state index in [9.17, 15) is 0 Å². The number of rotatable bonds is 3. The number of ether oxygens (including phenoxy) is 1. The monoisotopic (exact) mass is 286 g/mol. The predicted molar refractivity (Wildman–Crippen MR) is 80.9 cm³/mol. The first-order valence-corrected chi connectivity index (χ1v) is 6.64. The summed E-state index contributed by atoms with van der Waals surface area (Å²) < 4.78 is 5.73. The summed E-state index contributed by atoms with van der Waals surface area (Å²) in [6.45, 7) is 2.28. The maximum atomic E-state index is 8.69. The smallest absolute Gasteiger partial charge is 0.138 e. The lowest BCUT2D eigenvalue weighted by Crippen LogP contribution is -1.96. The van der Waals surface area contributed by atoms with Crippen molar-refractivity contribution < 1.29 is 9.84 Å². The first kappa shape index (κ1) is 14.5. The van der Waals surface area contributed by atoms with Gasteiger partial charge in [-0.15, -0.1) is 0 Å². The van der Waals surface area contributed by atoms with Crippen LogP contribution in [0.1, 0.15) is 16.7 Å². The van der Waals surface area contributed by atoms with Gasteiger partial charge in [-0.3, -0.25) is 0 Å². The molecule has 0 fully saturated rings. The zero-order chi connectivity index (χ0) is 14.4. The topological polar surface area (TPSA) is 29.5 Å². The van der Waals surface area contributed by atoms with Gasteiger partial charge in [0.1, 0.15) is 19.0 Å². The Morgan fingerprint density at radius 3 is 2.85 bits per heavy atom. The van der Waals surface area contributed by atoms with Gasteiger partial charge in [0.25, 0.3) is 0 Å². The molecule has 102 valence electrons. The largest absolute Gasteiger partial charge is 0.487 e. The van der Waals surface area contributed by atoms with Gasteiger partial charge < -0.3 is 9.84 Å². The molecule has 0 amide bonds. The van der Waals surface area contributed by atoms with E-state index in [-0.39, 0.29) is 6.61 Å². The van der Waals surface area contributed by atoms with Gasteiger partial charge in [-0.1, -0.05) is 41.6 Å². The van der Waals surface area contributed by atoms with Crippen molar-refractivity contribution in [1.29, 1.82) is 0 Å². The Morgan fingerprint density at radius 2 is 2.05 bits per heavy atom. The van der Waals surface area contributed by atoms with Crippen LogP contribution in [0.15, 0.2) is 42.5 Å². The maximum absolute atomic E-state index is 8.69. The minimum absolute atomic E-state index is 0.139. The lowest BCUT2D eigenvalue weighted by molar-refractivity contribution is 0.306. The summed E-state index contributed by atoms with van der Waals surface area (Å²) in [4.78, 5) is 0. The minimum Gasteiger partial charge on any atom is -0.487 e. The standard InChI is InChI=1S/C17H15ClO2/c1-13-7-8-16(18)17(10-13)20-12-15-5-2-4-14(11-15)6-3-9-19/h2,4-5,7-8,10-11,19H,9,12H2,1H3. The van der Waals surface area contributed by atoms with Crippen molar-refractivity contribution in [2.45, 2.75) is 13.5 Å². The van der Waals surface area contributed by atoms with E-state index >= 15 is 0 Å². The molecule has 0 spiro atoms. The van der Waals surface area contributed by atoms with Crippen molar-refractivity contribution in [2.24, 2.45) is 0 Å². The summed E-state index contributed by atoms with van der Waals surface area (Å²) in [6, 6.07) is 13.4. The molecule has 0 saturated heterocycles. The second-order valence-electron chi connectivity index (χ2n) is 4.38. The highest BCUT2D eigenvalue weighted by atomic mass is 35.5. The molecular formula is C17H15ClO2. The van der Waals surface area contributed by atoms with Crippen LogP contribution in [-0.2, 0) is 6.61 Å². The molecule has 2 aromatic rings. The fraction of sp³-hybridized carbons (Fsp3) is 0.176. The summed E-state index contributed by atoms with van der Waals surface area (Å²) >= 11 is 6.09. The van der Waals surface area contributed by atoms with Gasteiger partial charge in [0.15, 0.2) is 0 Å². The van der Waals surface area contributed by atoms with Crippen molar-refractivity contribution >= 4 is 11.6 Å². The van der Waals surface area contributed by atoms with Crippen LogP contribution in [0.2, 0.25) is 5.02 Å². The Balaban J connectivity index is 2.09. The Bertz CT molecular complexity index is 654. The number of benzene rings is 2. The van der Waals surface area contributed by atoms with Gasteiger partial charge >= 0.3 is 0 Å². The van der Waals surface area contributed by atoms with Gasteiger partial charge in [-0.2, -0.15) is 0 Å². The van der Waals surface area contributed by atoms with Gasteiger partial charge in [-0.25, -0.2) is 0 Å². The quantitative estimate of drug-likeness (QED) is 0.874. The number of aryl methyl sites for hydroxylation is 1. The highest BCUT2D eigenvalue weighted by Gasteiger charge is 2.02. The zero-order valence-corrected chi connectivity index (χ0v) is 11.9. The molecule has 3 heteroatoms. The third-order valence-electron chi connectivity index (χ3n) is 2.72. The van der Waals surface area contributed by atoms with E-state index in [2.05, 4.69) is 11.8 Å². The molecule has 2 rings (SSSR count). The second-order valence-corrected chi connectivity index (χ2v) is 4.79. The number of aliphatic hydroxyl groups is 1. The Hall–Kier alpha value is -1.95. The van der Waals surface area contributed by atoms with Crippen LogP contribution < -0.4 is 4.74 Å². The molecule has 1 N–H and O–H groups in total. The Morgan fingerprint density at radius 1 is 1.20 bits per heavy atom. The number of halogens is 1. The molecule has 2 aromatic carbocycles. The molecule has 0 saturated carbocycles. The average Bonchev–Trinajstić information content (AvgIpc) is 2.46. The van der Waals surface area contributed by atoms with Crippen molar-refractivity contribution in [3.05, 3.63) is 64.2 Å². The van der Waals surface area contributed by atoms with Crippen molar-refractivity contribution in [3.63, 3.8) is 0 Å². The Labute approximate surface area is 124 Å². The van der Waals surface area contributed by atoms with E-state index in [0.717, 1.165) is 16.7 Å². The molecule has 0 heterocycles. The maximum Gasteiger partial charge on any atom is 0.138 e. The predicted octanol–water partition coefficient (Wildman–Crippen LogP) is 3.57. The van der Waals surface area contributed by atoms with Crippen LogP contribution in [0.25, 0.3) is 0 Å². The lowest BCUT2D eigenvalue weighted by atomic mass is 10.1. The normalized spacial score (nSPS) is 9.75. The molecule has 0 aliphatic rings. The van der Waals surface area contributed by atoms with Crippen LogP contribution in [0.3, 0.4) is 0 Å². The number of hydrogen-bond acceptors (Lipinski definition) is 2. The summed E-state index contributed by atoms with van der Waals surface area (Å²) in [5, 5.41) is 9.30. The molecule has 0 bridgehead atoms. The van der Waals surface area contributed by atoms with Crippen LogP contribution in [0, 0.1) is 18.8 Å². The molecule has 2 nitrogen and oxygen atoms in total. The molecule has 0 aromatic heterocycles. The van der Waals surface area contributed by atoms with E-state index in [1.165, 1.54) is 0 Å². The molecule has 20 heavy (non-hydrogen) atoms. The second kappa shape index (κ2) is 7.00. The van der Waals surface area contributed by atoms with Crippen LogP contribution >= 0.6 is 11.6 Å². The van der Waals surface area contributed by atoms with E-state index < -0.39 is 0 Å². The summed E-state index contributed by atoms with van der Waals surface area (Å²) in [7, 11) is 0. The summed E-state index contributed by atoms with van der Waals surface area (Å²) in [5.41, 5.74) is 2.97. The van der Waals surface area contributed by atoms with E-state index in [1.54, 1.807) is 0 Å². The SMILES string of the molecule is Cc1ccc(Cl)c(OCc2cccc(C#CCO)c2)c1. The minimum atomic E-state index is -0.139. The summed E-state index contributed by atoms with van der Waals surface area (Å²) in [6.07, 6.45) is 0. The molecule has 0 aliphatic carbocycles. The first-order valence-electron chi connectivity index (χ1n) is 6.26. The van der Waals surface area contributed by atoms with Gasteiger partial charge in [0.2, 0.25) is 0 Å². The highest BCUT2D eigenvalue weighted by molar-refractivity contribution is 6.32. The molecule has 0 atom stereocenters. The molecule has 0 aliphatic heterocycles. The molecular weight excluding hydrogens is 272 g/mol. The fourth-order valence-corrected chi connectivity index (χ4v) is 1.93. The van der Waals surface area contributed by atoms with E-state index in [1.807, 2.05) is 49.4 Å². The van der Waals surface area contributed by atoms with Crippen LogP contribution in [0.4, 0.5) is 0 Å². The fourth-order valence-electron chi connectivity index (χ4n) is 1.76. The van der Waals surface area contributed by atoms with E-state index in [4.69, 9.17) is 21.4 Å². The third kappa shape index (κ3) is 4.03. The number of aliphatic hydroxyl groups excluding tert-OH is 1. The molecule has 0 radical (unpaired) electrons. The van der Waals surface area contributed by atoms with Gasteiger partial charge in [0, 0.05) is 5.56 Å². The summed E-state index contributed by atoms with van der Waals surface area (Å²) in [5.74, 6) is 6.18. The zero-order valence-electron chi connectivity index (χ0n) is 11.2. The Kier molecular flexibility index (Phi) is 5.06. The van der Waals surface area contributed by atoms with Crippen molar-refractivity contribution in [3.8, 4) is 17.6 Å². The average molecular weight is 287 g/mol. The van der Waals surface area contributed by atoms with Gasteiger partial charge in [-0.05, 0) is 42.3 Å². The van der Waals surface area contributed by atoms with E-state index in [0.29, 0.717) is 17.4 Å². The third-order valence-corrected chi connectivity index (χ3v) is 3.03. The van der Waals surface area contributed by atoms with Crippen molar-refractivity contribution in [2.75, 3.05) is 6.61 Å². The first-order chi connectivity index (χ1) is 9.69. The van der Waals surface area contributed by atoms with Crippen LogP contribution in [0.5, 0.6) is 5.75 Å². The van der Waals surface area contributed by atoms with Crippen molar-refractivity contribution in [1.82, 2.24) is 0 Å². The van der Waals surface area contributed by atoms with Crippen LogP contribution in [-0.4, -0.2) is 11.7 Å².